The Labute approximate surface area is 290 Å². The number of carbonyl (C=O) groups is 2. The van der Waals surface area contributed by atoms with E-state index in [2.05, 4.69) is 25.1 Å². The molecule has 0 heterocycles. The van der Waals surface area contributed by atoms with Crippen LogP contribution in [0, 0.1) is 35.5 Å². The van der Waals surface area contributed by atoms with Crippen LogP contribution in [0.1, 0.15) is 109 Å². The molecule has 3 aromatic rings. The van der Waals surface area contributed by atoms with Crippen LogP contribution in [-0.2, 0) is 25.5 Å². The number of unbranched alkanes of at least 4 members (excludes halogenated alkanes) is 2. The van der Waals surface area contributed by atoms with Crippen LogP contribution in [0.5, 0.6) is 11.5 Å². The lowest BCUT2D eigenvalue weighted by molar-refractivity contribution is -0.189. The highest BCUT2D eigenvalue weighted by Gasteiger charge is 2.54. The Morgan fingerprint density at radius 2 is 1.02 bits per heavy atom. The Morgan fingerprint density at radius 3 is 1.47 bits per heavy atom. The molecular formula is C43H52O6. The van der Waals surface area contributed by atoms with Crippen molar-refractivity contribution in [1.82, 2.24) is 0 Å². The number of fused-ring (bicyclic) bond motifs is 2. The van der Waals surface area contributed by atoms with Gasteiger partial charge in [0, 0.05) is 21.5 Å². The molecule has 8 fully saturated rings. The molecule has 260 valence electrons. The van der Waals surface area contributed by atoms with Gasteiger partial charge < -0.3 is 18.9 Å². The fraction of sp³-hybridized carbons (Fsp3) is 0.628. The van der Waals surface area contributed by atoms with E-state index in [0.717, 1.165) is 79.3 Å². The van der Waals surface area contributed by atoms with Crippen LogP contribution in [0.4, 0.5) is 0 Å². The van der Waals surface area contributed by atoms with Crippen LogP contribution in [0.25, 0.3) is 21.5 Å². The summed E-state index contributed by atoms with van der Waals surface area (Å²) in [4.78, 5) is 27.0. The van der Waals surface area contributed by atoms with Gasteiger partial charge in [0.05, 0.1) is 0 Å². The molecule has 8 bridgehead atoms. The Bertz CT molecular complexity index is 1690. The summed E-state index contributed by atoms with van der Waals surface area (Å²) in [5.74, 6) is 5.02. The summed E-state index contributed by atoms with van der Waals surface area (Å²) < 4.78 is 25.6. The summed E-state index contributed by atoms with van der Waals surface area (Å²) in [6.45, 7) is 1.97. The lowest BCUT2D eigenvalue weighted by Crippen LogP contribution is -2.53. The predicted octanol–water partition coefficient (Wildman–Crippen LogP) is 9.51. The Morgan fingerprint density at radius 1 is 0.592 bits per heavy atom. The van der Waals surface area contributed by atoms with Crippen LogP contribution >= 0.6 is 0 Å². The number of hydrogen-bond acceptors (Lipinski definition) is 6. The van der Waals surface area contributed by atoms with Gasteiger partial charge in [-0.25, -0.2) is 9.59 Å². The minimum Gasteiger partial charge on any atom is -0.481 e. The minimum absolute atomic E-state index is 0.126. The van der Waals surface area contributed by atoms with Gasteiger partial charge in [-0.3, -0.25) is 0 Å². The van der Waals surface area contributed by atoms with Gasteiger partial charge in [-0.2, -0.15) is 0 Å². The van der Waals surface area contributed by atoms with E-state index in [1.54, 1.807) is 0 Å². The zero-order chi connectivity index (χ0) is 33.2. The molecule has 6 heteroatoms. The van der Waals surface area contributed by atoms with Crippen LogP contribution in [0.3, 0.4) is 0 Å². The van der Waals surface area contributed by atoms with Gasteiger partial charge in [-0.05, 0) is 137 Å². The maximum Gasteiger partial charge on any atom is 0.344 e. The first-order chi connectivity index (χ1) is 23.8. The molecule has 8 aliphatic carbocycles. The van der Waals surface area contributed by atoms with Gasteiger partial charge in [0.15, 0.2) is 13.2 Å². The Kier molecular flexibility index (Phi) is 8.08. The summed E-state index contributed by atoms with van der Waals surface area (Å²) in [7, 11) is 0. The zero-order valence-corrected chi connectivity index (χ0v) is 29.2. The lowest BCUT2D eigenvalue weighted by Gasteiger charge is -2.55. The molecule has 8 aliphatic rings. The average molecular weight is 665 g/mol. The zero-order valence-electron chi connectivity index (χ0n) is 29.2. The average Bonchev–Trinajstić information content (AvgIpc) is 3.04. The summed E-state index contributed by atoms with van der Waals surface area (Å²) in [5, 5.41) is 3.51. The Hall–Kier alpha value is -3.28. The number of carbonyl (C=O) groups excluding carboxylic acids is 2. The van der Waals surface area contributed by atoms with Crippen molar-refractivity contribution < 1.29 is 28.5 Å². The summed E-state index contributed by atoms with van der Waals surface area (Å²) in [5.41, 5.74) is 0.633. The summed E-state index contributed by atoms with van der Waals surface area (Å²) >= 11 is 0. The number of benzene rings is 3. The van der Waals surface area contributed by atoms with Crippen molar-refractivity contribution in [3.05, 3.63) is 48.0 Å². The van der Waals surface area contributed by atoms with Gasteiger partial charge in [0.25, 0.3) is 0 Å². The number of hydrogen-bond donors (Lipinski definition) is 0. The smallest absolute Gasteiger partial charge is 0.344 e. The fourth-order valence-electron chi connectivity index (χ4n) is 12.3. The molecule has 0 radical (unpaired) electrons. The van der Waals surface area contributed by atoms with E-state index < -0.39 is 0 Å². The van der Waals surface area contributed by atoms with E-state index in [0.29, 0.717) is 47.0 Å². The highest BCUT2D eigenvalue weighted by Crippen LogP contribution is 2.58. The minimum atomic E-state index is -0.297. The van der Waals surface area contributed by atoms with Crippen molar-refractivity contribution in [1.29, 1.82) is 0 Å². The van der Waals surface area contributed by atoms with Crippen molar-refractivity contribution in [3.63, 3.8) is 0 Å². The third-order valence-corrected chi connectivity index (χ3v) is 13.4. The second-order valence-electron chi connectivity index (χ2n) is 17.3. The topological polar surface area (TPSA) is 71.1 Å². The number of ether oxygens (including phenoxy) is 4. The maximum absolute atomic E-state index is 13.5. The summed E-state index contributed by atoms with van der Waals surface area (Å²) in [6, 6.07) is 14.5. The van der Waals surface area contributed by atoms with Crippen LogP contribution in [0.2, 0.25) is 0 Å². The molecule has 0 spiro atoms. The van der Waals surface area contributed by atoms with E-state index in [1.807, 2.05) is 24.3 Å². The second-order valence-corrected chi connectivity index (χ2v) is 17.3. The first kappa shape index (κ1) is 31.7. The Balaban J connectivity index is 0.980. The van der Waals surface area contributed by atoms with E-state index in [-0.39, 0.29) is 36.4 Å². The highest BCUT2D eigenvalue weighted by molar-refractivity contribution is 6.11. The van der Waals surface area contributed by atoms with E-state index in [1.165, 1.54) is 50.5 Å². The molecule has 11 rings (SSSR count). The van der Waals surface area contributed by atoms with Crippen molar-refractivity contribution in [2.24, 2.45) is 35.5 Å². The van der Waals surface area contributed by atoms with Crippen molar-refractivity contribution in [2.75, 3.05) is 13.2 Å². The quantitative estimate of drug-likeness (QED) is 0.109. The molecule has 0 aromatic heterocycles. The molecule has 0 N–H and O–H groups in total. The van der Waals surface area contributed by atoms with E-state index in [4.69, 9.17) is 18.9 Å². The summed E-state index contributed by atoms with van der Waals surface area (Å²) in [6.07, 6.45) is 18.3. The van der Waals surface area contributed by atoms with Crippen LogP contribution in [-0.4, -0.2) is 36.4 Å². The SMILES string of the molecule is CCCCCc1ccc2c(OCC(=O)OC34CC5CC(CC(C5)C3)C4)c3ccccc3c(OCC(=O)OC34CC5CC(CC(C5)C3)C4)c2c1. The molecule has 0 unspecified atom stereocenters. The largest absolute Gasteiger partial charge is 0.481 e. The van der Waals surface area contributed by atoms with E-state index >= 15 is 0 Å². The standard InChI is InChI=1S/C43H52O6/c1-2-3-4-7-27-10-11-36-37(18-27)41(47-26-39(45)49-43-22-31-15-32(23-43)17-33(16-31)24-43)35-9-6-5-8-34(35)40(36)46-25-38(44)48-42-19-28-12-29(20-42)14-30(13-28)21-42/h5-6,8-11,18,28-33H,2-4,7,12-17,19-26H2,1H3. The number of aryl methyl sites for hydroxylation is 1. The number of esters is 2. The molecule has 0 saturated heterocycles. The van der Waals surface area contributed by atoms with Gasteiger partial charge in [0.2, 0.25) is 0 Å². The molecule has 3 aromatic carbocycles. The number of rotatable bonds is 12. The lowest BCUT2D eigenvalue weighted by atomic mass is 9.54. The molecular weight excluding hydrogens is 612 g/mol. The third-order valence-electron chi connectivity index (χ3n) is 13.4. The van der Waals surface area contributed by atoms with Gasteiger partial charge in [-0.1, -0.05) is 56.2 Å². The molecule has 49 heavy (non-hydrogen) atoms. The van der Waals surface area contributed by atoms with Crippen LogP contribution < -0.4 is 9.47 Å². The third kappa shape index (κ3) is 6.09. The first-order valence-electron chi connectivity index (χ1n) is 19.5. The van der Waals surface area contributed by atoms with Gasteiger partial charge >= 0.3 is 11.9 Å². The first-order valence-corrected chi connectivity index (χ1v) is 19.5. The maximum atomic E-state index is 13.5. The molecule has 0 aliphatic heterocycles. The van der Waals surface area contributed by atoms with Crippen LogP contribution in [0.15, 0.2) is 42.5 Å². The second kappa shape index (κ2) is 12.5. The van der Waals surface area contributed by atoms with Gasteiger partial charge in [-0.15, -0.1) is 0 Å². The van der Waals surface area contributed by atoms with Crippen molar-refractivity contribution in [2.45, 2.75) is 121 Å². The predicted molar refractivity (Wildman–Crippen MR) is 190 cm³/mol. The molecule has 0 atom stereocenters. The van der Waals surface area contributed by atoms with Crippen molar-refractivity contribution >= 4 is 33.5 Å². The molecule has 8 saturated carbocycles. The monoisotopic (exact) mass is 664 g/mol. The van der Waals surface area contributed by atoms with Crippen molar-refractivity contribution in [3.8, 4) is 11.5 Å². The molecule has 0 amide bonds. The fourth-order valence-corrected chi connectivity index (χ4v) is 12.3. The molecule has 6 nitrogen and oxygen atoms in total. The van der Waals surface area contributed by atoms with E-state index in [9.17, 15) is 9.59 Å². The normalized spacial score (nSPS) is 33.7. The van der Waals surface area contributed by atoms with Gasteiger partial charge in [0.1, 0.15) is 22.7 Å². The highest BCUT2D eigenvalue weighted by atomic mass is 16.6.